The zero-order valence-corrected chi connectivity index (χ0v) is 16.8. The van der Waals surface area contributed by atoms with Crippen LogP contribution in [0.15, 0.2) is 58.3 Å². The summed E-state index contributed by atoms with van der Waals surface area (Å²) in [5.41, 5.74) is 1.10. The average Bonchev–Trinajstić information content (AvgIpc) is 3.17. The summed E-state index contributed by atoms with van der Waals surface area (Å²) in [5, 5.41) is 10.6. The maximum absolute atomic E-state index is 12.9. The summed E-state index contributed by atoms with van der Waals surface area (Å²) < 4.78 is 25.7. The zero-order valence-electron chi connectivity index (χ0n) is 15.2. The van der Waals surface area contributed by atoms with Gasteiger partial charge >= 0.3 is 0 Å². The second-order valence-electron chi connectivity index (χ2n) is 7.00. The molecule has 0 radical (unpaired) electrons. The molecule has 0 atom stereocenters. The Morgan fingerprint density at radius 3 is 2.46 bits per heavy atom. The minimum absolute atomic E-state index is 0.0873. The number of aromatic amines is 1. The fourth-order valence-corrected chi connectivity index (χ4v) is 5.18. The Labute approximate surface area is 169 Å². The van der Waals surface area contributed by atoms with E-state index in [-0.39, 0.29) is 14.9 Å². The van der Waals surface area contributed by atoms with Crippen molar-refractivity contribution in [3.05, 3.63) is 59.4 Å². The third-order valence-electron chi connectivity index (χ3n) is 5.03. The predicted molar refractivity (Wildman–Crippen MR) is 109 cm³/mol. The van der Waals surface area contributed by atoms with E-state index in [0.29, 0.717) is 17.6 Å². The van der Waals surface area contributed by atoms with Gasteiger partial charge in [0.05, 0.1) is 9.79 Å². The van der Waals surface area contributed by atoms with E-state index in [1.54, 1.807) is 30.3 Å². The molecule has 2 N–H and O–H groups in total. The summed E-state index contributed by atoms with van der Waals surface area (Å²) in [6, 6.07) is 13.0. The van der Waals surface area contributed by atoms with Crippen LogP contribution in [0, 0.1) is 0 Å². The lowest BCUT2D eigenvalue weighted by Gasteiger charge is -2.19. The van der Waals surface area contributed by atoms with Crippen molar-refractivity contribution in [3.8, 4) is 0 Å². The first kappa shape index (κ1) is 19.0. The van der Waals surface area contributed by atoms with E-state index in [4.69, 9.17) is 11.6 Å². The summed E-state index contributed by atoms with van der Waals surface area (Å²) in [5.74, 6) is 1.43. The molecule has 1 fully saturated rings. The molecule has 146 valence electrons. The molecule has 0 saturated heterocycles. The van der Waals surface area contributed by atoms with Crippen LogP contribution in [-0.4, -0.2) is 23.6 Å². The maximum atomic E-state index is 12.9. The molecular weight excluding hydrogens is 396 g/mol. The van der Waals surface area contributed by atoms with Crippen LogP contribution in [0.3, 0.4) is 0 Å². The molecule has 1 saturated carbocycles. The third kappa shape index (κ3) is 4.05. The van der Waals surface area contributed by atoms with Gasteiger partial charge in [-0.25, -0.2) is 13.4 Å². The van der Waals surface area contributed by atoms with Gasteiger partial charge in [-0.3, -0.25) is 5.10 Å². The number of hydrogen-bond acceptors (Lipinski definition) is 5. The van der Waals surface area contributed by atoms with Gasteiger partial charge in [-0.15, -0.1) is 0 Å². The highest BCUT2D eigenvalue weighted by Gasteiger charge is 2.20. The third-order valence-corrected chi connectivity index (χ3v) is 6.97. The fraction of sp³-hybridized carbons (Fsp3) is 0.300. The Morgan fingerprint density at radius 2 is 1.71 bits per heavy atom. The lowest BCUT2D eigenvalue weighted by molar-refractivity contribution is 0.436. The molecule has 3 aromatic rings. The van der Waals surface area contributed by atoms with Crippen molar-refractivity contribution in [1.29, 1.82) is 0 Å². The standard InChI is InChI=1S/C20H21ClN4O2S/c21-18-11-16(28(26,27)15-9-5-2-6-10-15)12-19(22-18)23-20-13-17(24-25-20)14-7-3-1-4-8-14/h2,5-6,9-14H,1,3-4,7-8H2,(H2,22,23,24,25). The maximum Gasteiger partial charge on any atom is 0.206 e. The number of nitrogens with zero attached hydrogens (tertiary/aromatic N) is 2. The summed E-state index contributed by atoms with van der Waals surface area (Å²) >= 11 is 6.09. The minimum Gasteiger partial charge on any atom is -0.323 e. The first-order valence-corrected chi connectivity index (χ1v) is 11.2. The molecule has 8 heteroatoms. The monoisotopic (exact) mass is 416 g/mol. The number of sulfone groups is 1. The van der Waals surface area contributed by atoms with E-state index < -0.39 is 9.84 Å². The van der Waals surface area contributed by atoms with Crippen molar-refractivity contribution in [2.45, 2.75) is 47.8 Å². The van der Waals surface area contributed by atoms with Gasteiger partial charge in [-0.05, 0) is 37.1 Å². The number of aromatic nitrogens is 3. The van der Waals surface area contributed by atoms with Crippen LogP contribution in [-0.2, 0) is 9.84 Å². The summed E-state index contributed by atoms with van der Waals surface area (Å²) in [4.78, 5) is 4.49. The number of H-pyrrole nitrogens is 1. The van der Waals surface area contributed by atoms with Gasteiger partial charge in [-0.1, -0.05) is 49.1 Å². The summed E-state index contributed by atoms with van der Waals surface area (Å²) in [6.45, 7) is 0. The molecule has 4 rings (SSSR count). The van der Waals surface area contributed by atoms with Gasteiger partial charge in [0.2, 0.25) is 9.84 Å². The van der Waals surface area contributed by atoms with Crippen LogP contribution in [0.4, 0.5) is 11.6 Å². The Kier molecular flexibility index (Phi) is 5.37. The van der Waals surface area contributed by atoms with Gasteiger partial charge in [0.15, 0.2) is 5.82 Å². The lowest BCUT2D eigenvalue weighted by Crippen LogP contribution is -2.04. The largest absolute Gasteiger partial charge is 0.323 e. The highest BCUT2D eigenvalue weighted by molar-refractivity contribution is 7.91. The highest BCUT2D eigenvalue weighted by Crippen LogP contribution is 2.33. The molecule has 0 aliphatic heterocycles. The average molecular weight is 417 g/mol. The van der Waals surface area contributed by atoms with Crippen molar-refractivity contribution in [2.24, 2.45) is 0 Å². The molecule has 0 bridgehead atoms. The van der Waals surface area contributed by atoms with Crippen molar-refractivity contribution < 1.29 is 8.42 Å². The van der Waals surface area contributed by atoms with E-state index >= 15 is 0 Å². The molecule has 0 spiro atoms. The van der Waals surface area contributed by atoms with Crippen LogP contribution < -0.4 is 5.32 Å². The molecule has 2 aromatic heterocycles. The molecule has 1 aliphatic carbocycles. The lowest BCUT2D eigenvalue weighted by atomic mass is 9.87. The van der Waals surface area contributed by atoms with Gasteiger partial charge in [-0.2, -0.15) is 5.10 Å². The molecule has 0 amide bonds. The first-order chi connectivity index (χ1) is 13.5. The molecule has 0 unspecified atom stereocenters. The van der Waals surface area contributed by atoms with Crippen molar-refractivity contribution in [3.63, 3.8) is 0 Å². The minimum atomic E-state index is -3.68. The van der Waals surface area contributed by atoms with E-state index in [1.165, 1.54) is 31.4 Å². The molecule has 28 heavy (non-hydrogen) atoms. The smallest absolute Gasteiger partial charge is 0.206 e. The van der Waals surface area contributed by atoms with Crippen LogP contribution in [0.1, 0.15) is 43.7 Å². The summed E-state index contributed by atoms with van der Waals surface area (Å²) in [7, 11) is -3.68. The molecule has 1 aliphatic rings. The quantitative estimate of drug-likeness (QED) is 0.566. The number of hydrogen-bond donors (Lipinski definition) is 2. The number of benzene rings is 1. The second kappa shape index (κ2) is 7.93. The molecule has 6 nitrogen and oxygen atoms in total. The Bertz CT molecular complexity index is 1060. The van der Waals surface area contributed by atoms with Gasteiger partial charge in [0.25, 0.3) is 0 Å². The Balaban J connectivity index is 1.59. The number of rotatable bonds is 5. The molecule has 1 aromatic carbocycles. The number of nitrogens with one attached hydrogen (secondary N) is 2. The number of halogens is 1. The van der Waals surface area contributed by atoms with Crippen molar-refractivity contribution in [2.75, 3.05) is 5.32 Å². The first-order valence-electron chi connectivity index (χ1n) is 9.32. The zero-order chi connectivity index (χ0) is 19.6. The van der Waals surface area contributed by atoms with Crippen LogP contribution >= 0.6 is 11.6 Å². The topological polar surface area (TPSA) is 87.7 Å². The van der Waals surface area contributed by atoms with Crippen molar-refractivity contribution in [1.82, 2.24) is 15.2 Å². The van der Waals surface area contributed by atoms with Crippen LogP contribution in [0.25, 0.3) is 0 Å². The second-order valence-corrected chi connectivity index (χ2v) is 9.33. The number of pyridine rings is 1. The predicted octanol–water partition coefficient (Wildman–Crippen LogP) is 5.08. The fourth-order valence-electron chi connectivity index (χ4n) is 3.58. The normalized spacial score (nSPS) is 15.5. The Morgan fingerprint density at radius 1 is 0.964 bits per heavy atom. The van der Waals surface area contributed by atoms with Crippen LogP contribution in [0.2, 0.25) is 5.15 Å². The van der Waals surface area contributed by atoms with Gasteiger partial charge in [0.1, 0.15) is 11.0 Å². The van der Waals surface area contributed by atoms with E-state index in [9.17, 15) is 8.42 Å². The van der Waals surface area contributed by atoms with E-state index in [0.717, 1.165) is 18.5 Å². The van der Waals surface area contributed by atoms with Gasteiger partial charge in [0, 0.05) is 17.7 Å². The van der Waals surface area contributed by atoms with Crippen LogP contribution in [0.5, 0.6) is 0 Å². The summed E-state index contributed by atoms with van der Waals surface area (Å²) in [6.07, 6.45) is 6.10. The van der Waals surface area contributed by atoms with Crippen molar-refractivity contribution >= 4 is 33.1 Å². The SMILES string of the molecule is O=S(=O)(c1ccccc1)c1cc(Cl)nc(Nc2cc(C3CCCCC3)[nH]n2)c1. The molecule has 2 heterocycles. The van der Waals surface area contributed by atoms with E-state index in [2.05, 4.69) is 20.5 Å². The van der Waals surface area contributed by atoms with Gasteiger partial charge < -0.3 is 5.32 Å². The number of anilines is 2. The van der Waals surface area contributed by atoms with E-state index in [1.807, 2.05) is 6.07 Å². The highest BCUT2D eigenvalue weighted by atomic mass is 35.5. The Hall–Kier alpha value is -2.38. The molecular formula is C20H21ClN4O2S.